The molecule has 2 atom stereocenters. The Balaban J connectivity index is 1.56. The summed E-state index contributed by atoms with van der Waals surface area (Å²) in [5.41, 5.74) is 0.855. The van der Waals surface area contributed by atoms with Gasteiger partial charge in [0.1, 0.15) is 35.0 Å². The number of amides is 1. The number of hydrogen-bond acceptors (Lipinski definition) is 7. The van der Waals surface area contributed by atoms with Gasteiger partial charge in [0.05, 0.1) is 37.6 Å². The molecule has 0 unspecified atom stereocenters. The van der Waals surface area contributed by atoms with Crippen LogP contribution in [-0.4, -0.2) is 63.3 Å². The van der Waals surface area contributed by atoms with Gasteiger partial charge in [-0.15, -0.1) is 5.10 Å². The fourth-order valence-electron chi connectivity index (χ4n) is 4.39. The molecule has 3 aromatic rings. The highest BCUT2D eigenvalue weighted by Gasteiger charge is 2.38. The monoisotopic (exact) mass is 503 g/mol. The second-order valence-corrected chi connectivity index (χ2v) is 9.72. The average molecular weight is 504 g/mol. The van der Waals surface area contributed by atoms with E-state index in [0.29, 0.717) is 33.6 Å². The zero-order valence-electron chi connectivity index (χ0n) is 18.8. The summed E-state index contributed by atoms with van der Waals surface area (Å²) in [5.74, 6) is -1.76. The van der Waals surface area contributed by atoms with Gasteiger partial charge < -0.3 is 14.4 Å². The van der Waals surface area contributed by atoms with E-state index in [1.807, 2.05) is 6.92 Å². The Hall–Kier alpha value is -3.25. The molecule has 0 spiro atoms. The fraction of sp³-hybridized carbons (Fsp3) is 0.391. The molecular formula is C23H20F3N5O3S. The van der Waals surface area contributed by atoms with E-state index in [2.05, 4.69) is 15.1 Å². The van der Waals surface area contributed by atoms with Gasteiger partial charge in [0.2, 0.25) is 5.82 Å². The summed E-state index contributed by atoms with van der Waals surface area (Å²) in [7, 11) is 0. The van der Waals surface area contributed by atoms with Crippen LogP contribution in [-0.2, 0) is 11.3 Å². The van der Waals surface area contributed by atoms with Crippen molar-refractivity contribution in [1.82, 2.24) is 19.7 Å². The number of fused-ring (bicyclic) bond motifs is 5. The van der Waals surface area contributed by atoms with Gasteiger partial charge in [-0.2, -0.15) is 0 Å². The van der Waals surface area contributed by atoms with Crippen LogP contribution in [0.15, 0.2) is 23.2 Å². The lowest BCUT2D eigenvalue weighted by atomic mass is 9.99. The number of carbonyl (C=O) groups excluding carboxylic acids is 1. The molecular weight excluding hydrogens is 483 g/mol. The van der Waals surface area contributed by atoms with Crippen LogP contribution in [0.3, 0.4) is 0 Å². The minimum absolute atomic E-state index is 0.00522. The number of benzene rings is 1. The maximum atomic E-state index is 15.0. The minimum Gasteiger partial charge on any atom is -0.478 e. The molecule has 3 aliphatic rings. The summed E-state index contributed by atoms with van der Waals surface area (Å²) in [4.78, 5) is 23.2. The number of ether oxygens (including phenoxy) is 2. The summed E-state index contributed by atoms with van der Waals surface area (Å²) in [5, 5.41) is 5.42. The Morgan fingerprint density at radius 1 is 1.17 bits per heavy atom. The van der Waals surface area contributed by atoms with Crippen LogP contribution in [0.2, 0.25) is 0 Å². The van der Waals surface area contributed by atoms with Crippen molar-refractivity contribution in [2.24, 2.45) is 4.99 Å². The van der Waals surface area contributed by atoms with Crippen LogP contribution >= 0.6 is 11.3 Å². The van der Waals surface area contributed by atoms with Gasteiger partial charge in [-0.3, -0.25) is 9.79 Å². The van der Waals surface area contributed by atoms with Gasteiger partial charge in [-0.25, -0.2) is 22.8 Å². The third kappa shape index (κ3) is 3.54. The van der Waals surface area contributed by atoms with E-state index in [1.54, 1.807) is 6.92 Å². The van der Waals surface area contributed by atoms with Crippen LogP contribution < -0.4 is 4.74 Å². The van der Waals surface area contributed by atoms with Crippen molar-refractivity contribution >= 4 is 23.0 Å². The third-order valence-electron chi connectivity index (χ3n) is 6.13. The second kappa shape index (κ2) is 8.16. The first-order valence-corrected chi connectivity index (χ1v) is 12.0. The predicted molar refractivity (Wildman–Crippen MR) is 120 cm³/mol. The number of alkyl halides is 1. The van der Waals surface area contributed by atoms with Crippen LogP contribution in [0, 0.1) is 11.6 Å². The standard InChI is InChI=1S/C23H20F3N5O3S/c1-10-8-33-9-13-16-18(17-14(25)4-3-5-15(17)26)27-11(2)20-28-19(21(32)30-6-12(24)7-30)29-31(20)22(16)35-23(13)34-10/h3-5,10-12H,6-9H2,1-2H3/t10-,11-/m0/s1. The Morgan fingerprint density at radius 2 is 1.91 bits per heavy atom. The first kappa shape index (κ1) is 22.2. The van der Waals surface area contributed by atoms with Gasteiger partial charge in [0.25, 0.3) is 5.91 Å². The van der Waals surface area contributed by atoms with Gasteiger partial charge in [-0.05, 0) is 26.0 Å². The lowest BCUT2D eigenvalue weighted by molar-refractivity contribution is 0.0388. The number of likely N-dealkylation sites (tertiary alicyclic amines) is 1. The van der Waals surface area contributed by atoms with E-state index < -0.39 is 29.8 Å². The molecule has 5 heterocycles. The summed E-state index contributed by atoms with van der Waals surface area (Å²) in [6, 6.07) is 2.95. The van der Waals surface area contributed by atoms with Gasteiger partial charge in [0.15, 0.2) is 10.9 Å². The van der Waals surface area contributed by atoms with E-state index in [0.717, 1.165) is 0 Å². The molecule has 1 saturated heterocycles. The first-order chi connectivity index (χ1) is 16.8. The zero-order chi connectivity index (χ0) is 24.4. The summed E-state index contributed by atoms with van der Waals surface area (Å²) in [6.45, 7) is 4.06. The molecule has 1 amide bonds. The number of hydrogen-bond donors (Lipinski definition) is 0. The number of rotatable bonds is 2. The van der Waals surface area contributed by atoms with E-state index in [4.69, 9.17) is 9.47 Å². The van der Waals surface area contributed by atoms with Crippen LogP contribution in [0.4, 0.5) is 13.2 Å². The summed E-state index contributed by atoms with van der Waals surface area (Å²) in [6.07, 6.45) is -1.30. The van der Waals surface area contributed by atoms with Crippen molar-refractivity contribution in [2.45, 2.75) is 38.8 Å². The van der Waals surface area contributed by atoms with Crippen molar-refractivity contribution in [2.75, 3.05) is 19.7 Å². The van der Waals surface area contributed by atoms with Crippen LogP contribution in [0.1, 0.15) is 53.0 Å². The zero-order valence-corrected chi connectivity index (χ0v) is 19.6. The summed E-state index contributed by atoms with van der Waals surface area (Å²) < 4.78 is 56.5. The number of carbonyl (C=O) groups is 1. The van der Waals surface area contributed by atoms with E-state index in [9.17, 15) is 18.0 Å². The number of aromatic nitrogens is 3. The maximum Gasteiger partial charge on any atom is 0.293 e. The highest BCUT2D eigenvalue weighted by Crippen LogP contribution is 2.44. The van der Waals surface area contributed by atoms with Gasteiger partial charge >= 0.3 is 0 Å². The average Bonchev–Trinajstić information content (AvgIpc) is 3.30. The molecule has 182 valence electrons. The van der Waals surface area contributed by atoms with E-state index in [1.165, 1.54) is 39.1 Å². The Labute approximate surface area is 202 Å². The van der Waals surface area contributed by atoms with Crippen molar-refractivity contribution < 1.29 is 27.4 Å². The van der Waals surface area contributed by atoms with Crippen molar-refractivity contribution in [3.63, 3.8) is 0 Å². The van der Waals surface area contributed by atoms with Gasteiger partial charge in [0, 0.05) is 11.1 Å². The highest BCUT2D eigenvalue weighted by molar-refractivity contribution is 7.17. The quantitative estimate of drug-likeness (QED) is 0.534. The molecule has 12 heteroatoms. The Kier molecular flexibility index (Phi) is 5.18. The molecule has 0 radical (unpaired) electrons. The number of aliphatic imine (C=N–C) groups is 1. The molecule has 0 N–H and O–H groups in total. The topological polar surface area (TPSA) is 81.8 Å². The van der Waals surface area contributed by atoms with Crippen LogP contribution in [0.25, 0.3) is 5.00 Å². The van der Waals surface area contributed by atoms with Crippen molar-refractivity contribution in [1.29, 1.82) is 0 Å². The fourth-order valence-corrected chi connectivity index (χ4v) is 5.61. The van der Waals surface area contributed by atoms with E-state index >= 15 is 0 Å². The first-order valence-electron chi connectivity index (χ1n) is 11.1. The third-order valence-corrected chi connectivity index (χ3v) is 7.23. The van der Waals surface area contributed by atoms with Gasteiger partial charge in [-0.1, -0.05) is 17.4 Å². The lowest BCUT2D eigenvalue weighted by Crippen LogP contribution is -2.51. The second-order valence-electron chi connectivity index (χ2n) is 8.75. The molecule has 8 nitrogen and oxygen atoms in total. The number of nitrogens with zero attached hydrogens (tertiary/aromatic N) is 5. The molecule has 0 saturated carbocycles. The molecule has 1 fully saturated rings. The minimum atomic E-state index is -1.06. The lowest BCUT2D eigenvalue weighted by Gasteiger charge is -2.33. The van der Waals surface area contributed by atoms with Crippen molar-refractivity contribution in [3.8, 4) is 10.1 Å². The molecule has 6 rings (SSSR count). The molecule has 2 aromatic heterocycles. The normalized spacial score (nSPS) is 21.6. The number of halogens is 3. The molecule has 35 heavy (non-hydrogen) atoms. The highest BCUT2D eigenvalue weighted by atomic mass is 32.1. The van der Waals surface area contributed by atoms with E-state index in [-0.39, 0.29) is 42.9 Å². The Morgan fingerprint density at radius 3 is 2.63 bits per heavy atom. The SMILES string of the molecule is C[C@@H]1N=C(c2c(F)cccc2F)c2c(sc3c2COC[C@H](C)O3)-n2nc(C(=O)N3CC(F)C3)nc21. The predicted octanol–water partition coefficient (Wildman–Crippen LogP) is 3.61. The molecule has 1 aromatic carbocycles. The Bertz CT molecular complexity index is 1360. The maximum absolute atomic E-state index is 15.0. The number of thiophene rings is 1. The van der Waals surface area contributed by atoms with Crippen molar-refractivity contribution in [3.05, 3.63) is 58.2 Å². The largest absolute Gasteiger partial charge is 0.478 e. The molecule has 0 aliphatic carbocycles. The molecule has 3 aliphatic heterocycles. The molecule has 0 bridgehead atoms. The smallest absolute Gasteiger partial charge is 0.293 e. The summed E-state index contributed by atoms with van der Waals surface area (Å²) >= 11 is 1.22. The van der Waals surface area contributed by atoms with Crippen LogP contribution in [0.5, 0.6) is 5.06 Å².